The zero-order chi connectivity index (χ0) is 21.1. The number of amides is 1. The van der Waals surface area contributed by atoms with Crippen LogP contribution in [0.25, 0.3) is 10.2 Å². The number of rotatable bonds is 6. The van der Waals surface area contributed by atoms with E-state index in [0.717, 1.165) is 55.0 Å². The Morgan fingerprint density at radius 1 is 1.17 bits per heavy atom. The summed E-state index contributed by atoms with van der Waals surface area (Å²) < 4.78 is 6.40. The maximum atomic E-state index is 13.4. The van der Waals surface area contributed by atoms with E-state index in [1.54, 1.807) is 29.2 Å². The first-order valence-electron chi connectivity index (χ1n) is 9.95. The van der Waals surface area contributed by atoms with Crippen molar-refractivity contribution in [2.75, 3.05) is 44.3 Å². The van der Waals surface area contributed by atoms with Crippen molar-refractivity contribution in [2.24, 2.45) is 0 Å². The molecule has 158 valence electrons. The van der Waals surface area contributed by atoms with Gasteiger partial charge in [0.15, 0.2) is 5.13 Å². The number of aromatic nitrogens is 1. The molecule has 8 heteroatoms. The average molecular weight is 464 g/mol. The summed E-state index contributed by atoms with van der Waals surface area (Å²) in [6.07, 6.45) is 0.856. The van der Waals surface area contributed by atoms with Gasteiger partial charge in [0.1, 0.15) is 0 Å². The summed E-state index contributed by atoms with van der Waals surface area (Å²) in [5.74, 6) is -0.0727. The van der Waals surface area contributed by atoms with Crippen molar-refractivity contribution >= 4 is 55.8 Å². The van der Waals surface area contributed by atoms with Crippen molar-refractivity contribution in [3.8, 4) is 0 Å². The van der Waals surface area contributed by atoms with E-state index in [0.29, 0.717) is 27.3 Å². The van der Waals surface area contributed by atoms with Gasteiger partial charge in [0.2, 0.25) is 0 Å². The van der Waals surface area contributed by atoms with Gasteiger partial charge in [-0.25, -0.2) is 4.98 Å². The predicted octanol–water partition coefficient (Wildman–Crippen LogP) is 5.28. The summed E-state index contributed by atoms with van der Waals surface area (Å²) >= 11 is 13.7. The standard InChI is InChI=1S/C22H23Cl2N3O2S/c1-15-13-18(24)14-19-20(15)25-22(30-19)27(8-2-7-26-9-11-29-12-10-26)21(28)16-3-5-17(23)6-4-16/h3-6,13-14H,2,7-12H2,1H3. The van der Waals surface area contributed by atoms with Crippen molar-refractivity contribution in [1.82, 2.24) is 9.88 Å². The number of halogens is 2. The summed E-state index contributed by atoms with van der Waals surface area (Å²) in [5.41, 5.74) is 2.49. The Bertz CT molecular complexity index is 1030. The Morgan fingerprint density at radius 2 is 1.90 bits per heavy atom. The Morgan fingerprint density at radius 3 is 2.63 bits per heavy atom. The molecule has 0 N–H and O–H groups in total. The third-order valence-corrected chi connectivity index (χ3v) is 6.66. The van der Waals surface area contributed by atoms with E-state index in [-0.39, 0.29) is 5.91 Å². The first-order valence-corrected chi connectivity index (χ1v) is 11.5. The Balaban J connectivity index is 1.59. The molecule has 0 atom stereocenters. The second-order valence-electron chi connectivity index (χ2n) is 7.34. The highest BCUT2D eigenvalue weighted by Gasteiger charge is 2.22. The van der Waals surface area contributed by atoms with E-state index in [4.69, 9.17) is 32.9 Å². The molecular formula is C22H23Cl2N3O2S. The van der Waals surface area contributed by atoms with Crippen LogP contribution in [0.4, 0.5) is 5.13 Å². The number of hydrogen-bond donors (Lipinski definition) is 0. The third kappa shape index (κ3) is 4.95. The van der Waals surface area contributed by atoms with Crippen LogP contribution in [0.3, 0.4) is 0 Å². The number of hydrogen-bond acceptors (Lipinski definition) is 5. The molecule has 4 rings (SSSR count). The van der Waals surface area contributed by atoms with E-state index in [9.17, 15) is 4.79 Å². The topological polar surface area (TPSA) is 45.7 Å². The largest absolute Gasteiger partial charge is 0.379 e. The SMILES string of the molecule is Cc1cc(Cl)cc2sc(N(CCCN3CCOCC3)C(=O)c3ccc(Cl)cc3)nc12. The predicted molar refractivity (Wildman–Crippen MR) is 124 cm³/mol. The van der Waals surface area contributed by atoms with Crippen molar-refractivity contribution in [3.05, 3.63) is 57.6 Å². The van der Waals surface area contributed by atoms with Gasteiger partial charge in [-0.3, -0.25) is 14.6 Å². The van der Waals surface area contributed by atoms with Crippen LogP contribution in [0, 0.1) is 6.92 Å². The molecule has 2 heterocycles. The highest BCUT2D eigenvalue weighted by Crippen LogP contribution is 2.33. The number of aryl methyl sites for hydroxylation is 1. The number of nitrogens with zero attached hydrogens (tertiary/aromatic N) is 3. The second-order valence-corrected chi connectivity index (χ2v) is 9.22. The molecule has 30 heavy (non-hydrogen) atoms. The number of ether oxygens (including phenoxy) is 1. The van der Waals surface area contributed by atoms with Gasteiger partial charge in [-0.1, -0.05) is 34.5 Å². The summed E-state index contributed by atoms with van der Waals surface area (Å²) in [4.78, 5) is 22.3. The fourth-order valence-corrected chi connectivity index (χ4v) is 5.14. The molecule has 0 spiro atoms. The van der Waals surface area contributed by atoms with Crippen LogP contribution < -0.4 is 4.90 Å². The number of carbonyl (C=O) groups is 1. The summed E-state index contributed by atoms with van der Waals surface area (Å²) in [7, 11) is 0. The van der Waals surface area contributed by atoms with E-state index in [2.05, 4.69) is 4.90 Å². The van der Waals surface area contributed by atoms with Crippen molar-refractivity contribution in [1.29, 1.82) is 0 Å². The van der Waals surface area contributed by atoms with Crippen LogP contribution in [-0.2, 0) is 4.74 Å². The molecule has 1 fully saturated rings. The molecule has 0 aliphatic carbocycles. The van der Waals surface area contributed by atoms with Crippen molar-refractivity contribution < 1.29 is 9.53 Å². The van der Waals surface area contributed by atoms with Crippen LogP contribution in [0.2, 0.25) is 10.0 Å². The van der Waals surface area contributed by atoms with Crippen LogP contribution in [0.1, 0.15) is 22.3 Å². The smallest absolute Gasteiger partial charge is 0.260 e. The maximum Gasteiger partial charge on any atom is 0.260 e. The number of thiazole rings is 1. The molecular weight excluding hydrogens is 441 g/mol. The zero-order valence-electron chi connectivity index (χ0n) is 16.7. The average Bonchev–Trinajstić information content (AvgIpc) is 3.16. The van der Waals surface area contributed by atoms with Gasteiger partial charge >= 0.3 is 0 Å². The van der Waals surface area contributed by atoms with E-state index >= 15 is 0 Å². The highest BCUT2D eigenvalue weighted by atomic mass is 35.5. The highest BCUT2D eigenvalue weighted by molar-refractivity contribution is 7.22. The molecule has 5 nitrogen and oxygen atoms in total. The molecule has 3 aromatic rings. The normalized spacial score (nSPS) is 14.9. The molecule has 1 saturated heterocycles. The van der Waals surface area contributed by atoms with Gasteiger partial charge in [-0.05, 0) is 55.3 Å². The van der Waals surface area contributed by atoms with Gasteiger partial charge in [-0.15, -0.1) is 0 Å². The Labute approximate surface area is 190 Å². The molecule has 0 radical (unpaired) electrons. The second kappa shape index (κ2) is 9.62. The lowest BCUT2D eigenvalue weighted by Crippen LogP contribution is -2.39. The minimum Gasteiger partial charge on any atom is -0.379 e. The van der Waals surface area contributed by atoms with Gasteiger partial charge in [0.05, 0.1) is 23.4 Å². The lowest BCUT2D eigenvalue weighted by Gasteiger charge is -2.27. The zero-order valence-corrected chi connectivity index (χ0v) is 19.1. The van der Waals surface area contributed by atoms with E-state index in [1.165, 1.54) is 11.3 Å². The minimum absolute atomic E-state index is 0.0727. The summed E-state index contributed by atoms with van der Waals surface area (Å²) in [6, 6.07) is 10.8. The summed E-state index contributed by atoms with van der Waals surface area (Å²) in [5, 5.41) is 1.98. The third-order valence-electron chi connectivity index (χ3n) is 5.17. The quantitative estimate of drug-likeness (QED) is 0.498. The van der Waals surface area contributed by atoms with Gasteiger partial charge < -0.3 is 4.74 Å². The minimum atomic E-state index is -0.0727. The molecule has 1 aromatic heterocycles. The number of carbonyl (C=O) groups excluding carboxylic acids is 1. The van der Waals surface area contributed by atoms with Crippen LogP contribution in [-0.4, -0.2) is 55.2 Å². The molecule has 1 aliphatic rings. The molecule has 2 aromatic carbocycles. The van der Waals surface area contributed by atoms with Crippen LogP contribution in [0.15, 0.2) is 36.4 Å². The molecule has 0 saturated carbocycles. The Kier molecular flexibility index (Phi) is 6.91. The van der Waals surface area contributed by atoms with Crippen molar-refractivity contribution in [3.63, 3.8) is 0 Å². The fraction of sp³-hybridized carbons (Fsp3) is 0.364. The fourth-order valence-electron chi connectivity index (χ4n) is 3.57. The Hall–Kier alpha value is -1.70. The van der Waals surface area contributed by atoms with Gasteiger partial charge in [-0.2, -0.15) is 0 Å². The molecule has 1 amide bonds. The van der Waals surface area contributed by atoms with Crippen LogP contribution in [0.5, 0.6) is 0 Å². The lowest BCUT2D eigenvalue weighted by atomic mass is 10.2. The first-order chi connectivity index (χ1) is 14.5. The number of benzene rings is 2. The molecule has 0 unspecified atom stereocenters. The van der Waals surface area contributed by atoms with E-state index in [1.807, 2.05) is 19.1 Å². The maximum absolute atomic E-state index is 13.4. The molecule has 1 aliphatic heterocycles. The number of morpholine rings is 1. The number of anilines is 1. The van der Waals surface area contributed by atoms with Gasteiger partial charge in [0.25, 0.3) is 5.91 Å². The monoisotopic (exact) mass is 463 g/mol. The van der Waals surface area contributed by atoms with Crippen molar-refractivity contribution in [2.45, 2.75) is 13.3 Å². The van der Waals surface area contributed by atoms with E-state index < -0.39 is 0 Å². The summed E-state index contributed by atoms with van der Waals surface area (Å²) in [6.45, 7) is 6.90. The number of fused-ring (bicyclic) bond motifs is 1. The lowest BCUT2D eigenvalue weighted by molar-refractivity contribution is 0.0376. The van der Waals surface area contributed by atoms with Gasteiger partial charge in [0, 0.05) is 41.8 Å². The first kappa shape index (κ1) is 21.5. The van der Waals surface area contributed by atoms with Crippen LogP contribution >= 0.6 is 34.5 Å². The molecule has 0 bridgehead atoms.